The van der Waals surface area contributed by atoms with Crippen LogP contribution in [0.25, 0.3) is 0 Å². The minimum absolute atomic E-state index is 0.741. The molecule has 0 radical (unpaired) electrons. The van der Waals surface area contributed by atoms with Crippen molar-refractivity contribution in [1.82, 2.24) is 0 Å². The van der Waals surface area contributed by atoms with E-state index in [-0.39, 0.29) is 0 Å². The summed E-state index contributed by atoms with van der Waals surface area (Å²) < 4.78 is 4.59. The molecule has 0 amide bonds. The molecule has 0 atom stereocenters. The Bertz CT molecular complexity index is 91.2. The van der Waals surface area contributed by atoms with Crippen LogP contribution in [0.2, 0.25) is 18.9 Å². The minimum atomic E-state index is -1.85. The SMILES string of the molecule is ClC[CH2][Ti]([CH2]CCl)([CH2]CCl)[CH2]CCl. The number of alkyl halides is 4. The Morgan fingerprint density at radius 3 is 0.923 bits per heavy atom. The standard InChI is InChI=1S/4C2H4Cl.Ti/c4*1-2-3;/h4*1-2H2;. The number of hydrogen-bond donors (Lipinski definition) is 0. The van der Waals surface area contributed by atoms with Crippen LogP contribution in [0.1, 0.15) is 0 Å². The van der Waals surface area contributed by atoms with E-state index in [1.54, 1.807) is 0 Å². The fourth-order valence-corrected chi connectivity index (χ4v) is 13.0. The zero-order valence-corrected chi connectivity index (χ0v) is 12.3. The molecule has 0 unspecified atom stereocenters. The summed E-state index contributed by atoms with van der Waals surface area (Å²) in [6.07, 6.45) is 0. The Morgan fingerprint density at radius 2 is 0.769 bits per heavy atom. The van der Waals surface area contributed by atoms with Gasteiger partial charge in [-0.1, -0.05) is 0 Å². The zero-order valence-electron chi connectivity index (χ0n) is 7.67. The van der Waals surface area contributed by atoms with Gasteiger partial charge in [0.25, 0.3) is 0 Å². The van der Waals surface area contributed by atoms with E-state index < -0.39 is 16.6 Å². The first-order valence-corrected chi connectivity index (χ1v) is 11.0. The summed E-state index contributed by atoms with van der Waals surface area (Å²) in [5.41, 5.74) is 0. The third-order valence-electron chi connectivity index (χ3n) is 2.50. The van der Waals surface area contributed by atoms with Crippen molar-refractivity contribution in [3.05, 3.63) is 0 Å². The molecule has 0 N–H and O–H groups in total. The molecular formula is C8H16Cl4Ti. The van der Waals surface area contributed by atoms with E-state index in [0.717, 1.165) is 42.4 Å². The van der Waals surface area contributed by atoms with Gasteiger partial charge in [-0.25, -0.2) is 0 Å². The summed E-state index contributed by atoms with van der Waals surface area (Å²) in [7, 11) is 0. The Balaban J connectivity index is 4.19. The van der Waals surface area contributed by atoms with Crippen LogP contribution in [0.3, 0.4) is 0 Å². The van der Waals surface area contributed by atoms with Crippen LogP contribution in [0.15, 0.2) is 0 Å². The second kappa shape index (κ2) is 9.13. The molecule has 5 heteroatoms. The van der Waals surface area contributed by atoms with Gasteiger partial charge in [-0.15, -0.1) is 0 Å². The second-order valence-corrected chi connectivity index (χ2v) is 12.6. The number of hydrogen-bond acceptors (Lipinski definition) is 0. The van der Waals surface area contributed by atoms with Crippen LogP contribution in [0.5, 0.6) is 0 Å². The van der Waals surface area contributed by atoms with Gasteiger partial charge in [-0.3, -0.25) is 0 Å². The molecule has 0 rings (SSSR count). The summed E-state index contributed by atoms with van der Waals surface area (Å²) in [4.78, 5) is 0. The molecule has 0 aliphatic carbocycles. The van der Waals surface area contributed by atoms with Gasteiger partial charge in [0.1, 0.15) is 0 Å². The maximum atomic E-state index is 5.81. The second-order valence-electron chi connectivity index (χ2n) is 3.26. The van der Waals surface area contributed by atoms with Gasteiger partial charge in [0.05, 0.1) is 0 Å². The van der Waals surface area contributed by atoms with E-state index in [9.17, 15) is 0 Å². The van der Waals surface area contributed by atoms with Gasteiger partial charge in [0, 0.05) is 0 Å². The number of halogens is 4. The van der Waals surface area contributed by atoms with Crippen LogP contribution < -0.4 is 0 Å². The van der Waals surface area contributed by atoms with Crippen molar-refractivity contribution in [3.63, 3.8) is 0 Å². The molecular weight excluding hydrogens is 286 g/mol. The summed E-state index contributed by atoms with van der Waals surface area (Å²) in [5, 5.41) is 0. The third-order valence-corrected chi connectivity index (χ3v) is 13.4. The van der Waals surface area contributed by atoms with Crippen molar-refractivity contribution >= 4 is 46.4 Å². The first-order chi connectivity index (χ1) is 6.24. The van der Waals surface area contributed by atoms with E-state index in [2.05, 4.69) is 0 Å². The van der Waals surface area contributed by atoms with E-state index in [1.807, 2.05) is 0 Å². The van der Waals surface area contributed by atoms with Crippen LogP contribution in [0, 0.1) is 0 Å². The molecule has 0 saturated carbocycles. The zero-order chi connectivity index (χ0) is 10.2. The van der Waals surface area contributed by atoms with Gasteiger partial charge < -0.3 is 0 Å². The van der Waals surface area contributed by atoms with Crippen molar-refractivity contribution < 1.29 is 16.6 Å². The summed E-state index contributed by atoms with van der Waals surface area (Å²) in [6, 6.07) is 0. The molecule has 80 valence electrons. The Labute approximate surface area is 105 Å². The van der Waals surface area contributed by atoms with E-state index in [4.69, 9.17) is 46.4 Å². The fourth-order valence-electron chi connectivity index (χ4n) is 1.55. The molecule has 0 aliphatic heterocycles. The first kappa shape index (κ1) is 14.9. The average Bonchev–Trinajstić information content (AvgIpc) is 2.06. The van der Waals surface area contributed by atoms with E-state index in [1.165, 1.54) is 0 Å². The van der Waals surface area contributed by atoms with Crippen molar-refractivity contribution in [2.24, 2.45) is 0 Å². The van der Waals surface area contributed by atoms with Crippen LogP contribution >= 0.6 is 46.4 Å². The Hall–Kier alpha value is 1.87. The van der Waals surface area contributed by atoms with Gasteiger partial charge in [0.2, 0.25) is 0 Å². The molecule has 13 heavy (non-hydrogen) atoms. The maximum absolute atomic E-state index is 5.81. The predicted octanol–water partition coefficient (Wildman–Crippen LogP) is 4.77. The van der Waals surface area contributed by atoms with Crippen molar-refractivity contribution in [1.29, 1.82) is 0 Å². The molecule has 0 aromatic heterocycles. The van der Waals surface area contributed by atoms with Gasteiger partial charge in [-0.2, -0.15) is 0 Å². The van der Waals surface area contributed by atoms with Crippen molar-refractivity contribution in [3.8, 4) is 0 Å². The molecule has 0 saturated heterocycles. The number of rotatable bonds is 8. The molecule has 0 bridgehead atoms. The topological polar surface area (TPSA) is 0 Å². The molecule has 0 aromatic carbocycles. The molecule has 0 heterocycles. The fraction of sp³-hybridized carbons (Fsp3) is 1.00. The van der Waals surface area contributed by atoms with Crippen molar-refractivity contribution in [2.75, 3.05) is 23.5 Å². The van der Waals surface area contributed by atoms with E-state index >= 15 is 0 Å². The molecule has 0 spiro atoms. The third kappa shape index (κ3) is 6.12. The van der Waals surface area contributed by atoms with Gasteiger partial charge in [-0.05, 0) is 0 Å². The first-order valence-electron chi connectivity index (χ1n) is 4.48. The monoisotopic (exact) mass is 300 g/mol. The summed E-state index contributed by atoms with van der Waals surface area (Å²) >= 11 is 21.4. The molecule has 0 fully saturated rings. The predicted molar refractivity (Wildman–Crippen MR) is 62.1 cm³/mol. The quantitative estimate of drug-likeness (QED) is 0.447. The van der Waals surface area contributed by atoms with Gasteiger partial charge >= 0.3 is 105 Å². The normalized spacial score (nSPS) is 12.0. The van der Waals surface area contributed by atoms with Gasteiger partial charge in [0.15, 0.2) is 0 Å². The van der Waals surface area contributed by atoms with Crippen molar-refractivity contribution in [2.45, 2.75) is 18.9 Å². The van der Waals surface area contributed by atoms with E-state index in [0.29, 0.717) is 0 Å². The summed E-state index contributed by atoms with van der Waals surface area (Å²) in [6.45, 7) is 0. The Morgan fingerprint density at radius 1 is 0.538 bits per heavy atom. The van der Waals surface area contributed by atoms with Crippen LogP contribution in [-0.2, 0) is 16.6 Å². The molecule has 0 aliphatic rings. The molecule has 0 aromatic rings. The van der Waals surface area contributed by atoms with Crippen LogP contribution in [-0.4, -0.2) is 23.5 Å². The summed E-state index contributed by atoms with van der Waals surface area (Å²) in [5.74, 6) is 2.96. The molecule has 0 nitrogen and oxygen atoms in total. The van der Waals surface area contributed by atoms with Crippen LogP contribution in [0.4, 0.5) is 0 Å². The average molecular weight is 302 g/mol. The Kier molecular flexibility index (Phi) is 10.4.